The minimum atomic E-state index is 0.721. The summed E-state index contributed by atoms with van der Waals surface area (Å²) in [4.78, 5) is 0. The minimum Gasteiger partial charge on any atom is -0.381 e. The van der Waals surface area contributed by atoms with Gasteiger partial charge in [0.2, 0.25) is 0 Å². The standard InChI is InChI=1S/C7H14N2O/c8-9-2-1-6-4-10-5-7(6)3-9/h6-7H,1-5,8H2. The summed E-state index contributed by atoms with van der Waals surface area (Å²) >= 11 is 0. The van der Waals surface area contributed by atoms with Crippen LogP contribution >= 0.6 is 0 Å². The molecule has 2 unspecified atom stereocenters. The monoisotopic (exact) mass is 142 g/mol. The van der Waals surface area contributed by atoms with Crippen molar-refractivity contribution in [2.75, 3.05) is 26.3 Å². The summed E-state index contributed by atoms with van der Waals surface area (Å²) in [5.74, 6) is 7.19. The van der Waals surface area contributed by atoms with Crippen LogP contribution in [0.15, 0.2) is 0 Å². The van der Waals surface area contributed by atoms with Crippen molar-refractivity contribution in [3.63, 3.8) is 0 Å². The third kappa shape index (κ3) is 1.05. The smallest absolute Gasteiger partial charge is 0.0510 e. The van der Waals surface area contributed by atoms with Gasteiger partial charge in [-0.2, -0.15) is 0 Å². The molecule has 2 atom stereocenters. The lowest BCUT2D eigenvalue weighted by Gasteiger charge is -2.30. The van der Waals surface area contributed by atoms with Gasteiger partial charge in [0.25, 0.3) is 0 Å². The number of ether oxygens (including phenoxy) is 1. The Morgan fingerprint density at radius 2 is 2.10 bits per heavy atom. The molecule has 0 aliphatic carbocycles. The average molecular weight is 142 g/mol. The summed E-state index contributed by atoms with van der Waals surface area (Å²) in [5.41, 5.74) is 0. The largest absolute Gasteiger partial charge is 0.381 e. The molecule has 3 nitrogen and oxygen atoms in total. The van der Waals surface area contributed by atoms with Gasteiger partial charge in [0.15, 0.2) is 0 Å². The Morgan fingerprint density at radius 3 is 3.00 bits per heavy atom. The van der Waals surface area contributed by atoms with Crippen LogP contribution in [-0.2, 0) is 4.74 Å². The molecule has 2 saturated heterocycles. The van der Waals surface area contributed by atoms with Crippen LogP contribution in [-0.4, -0.2) is 31.3 Å². The van der Waals surface area contributed by atoms with Gasteiger partial charge in [0.05, 0.1) is 6.61 Å². The van der Waals surface area contributed by atoms with Crippen molar-refractivity contribution >= 4 is 0 Å². The van der Waals surface area contributed by atoms with E-state index in [1.165, 1.54) is 6.42 Å². The Kier molecular flexibility index (Phi) is 1.64. The molecular formula is C7H14N2O. The number of nitrogens with zero attached hydrogens (tertiary/aromatic N) is 1. The Labute approximate surface area is 61.1 Å². The first-order valence-corrected chi connectivity index (χ1v) is 3.93. The van der Waals surface area contributed by atoms with Crippen molar-refractivity contribution in [3.8, 4) is 0 Å². The summed E-state index contributed by atoms with van der Waals surface area (Å²) in [6.07, 6.45) is 1.22. The highest BCUT2D eigenvalue weighted by Crippen LogP contribution is 2.27. The predicted octanol–water partition coefficient (Wildman–Crippen LogP) is -0.172. The number of nitrogens with two attached hydrogens (primary N) is 1. The molecule has 10 heavy (non-hydrogen) atoms. The van der Waals surface area contributed by atoms with E-state index >= 15 is 0 Å². The lowest BCUT2D eigenvalue weighted by atomic mass is 9.90. The van der Waals surface area contributed by atoms with Crippen molar-refractivity contribution in [2.24, 2.45) is 17.7 Å². The maximum atomic E-state index is 5.67. The molecule has 0 bridgehead atoms. The number of hydrazine groups is 1. The average Bonchev–Trinajstić information content (AvgIpc) is 2.33. The lowest BCUT2D eigenvalue weighted by Crippen LogP contribution is -2.43. The first kappa shape index (κ1) is 6.58. The highest BCUT2D eigenvalue weighted by molar-refractivity contribution is 4.81. The van der Waals surface area contributed by atoms with Crippen molar-refractivity contribution < 1.29 is 4.74 Å². The van der Waals surface area contributed by atoms with Crippen molar-refractivity contribution in [3.05, 3.63) is 0 Å². The van der Waals surface area contributed by atoms with E-state index < -0.39 is 0 Å². The van der Waals surface area contributed by atoms with Crippen LogP contribution < -0.4 is 5.84 Å². The second-order valence-corrected chi connectivity index (χ2v) is 3.34. The second kappa shape index (κ2) is 2.49. The van der Waals surface area contributed by atoms with E-state index in [0.29, 0.717) is 0 Å². The molecule has 0 radical (unpaired) electrons. The van der Waals surface area contributed by atoms with E-state index in [0.717, 1.165) is 38.1 Å². The van der Waals surface area contributed by atoms with Gasteiger partial charge in [-0.05, 0) is 12.3 Å². The molecule has 0 aromatic heterocycles. The fraction of sp³-hybridized carbons (Fsp3) is 1.00. The Bertz CT molecular complexity index is 129. The molecule has 2 rings (SSSR count). The number of hydrogen-bond donors (Lipinski definition) is 1. The van der Waals surface area contributed by atoms with Crippen LogP contribution in [0.3, 0.4) is 0 Å². The maximum Gasteiger partial charge on any atom is 0.0510 e. The SMILES string of the molecule is NN1CCC2COCC2C1. The number of piperidine rings is 1. The molecule has 3 heteroatoms. The molecular weight excluding hydrogens is 128 g/mol. The number of hydrogen-bond acceptors (Lipinski definition) is 3. The molecule has 2 aliphatic rings. The third-order valence-corrected chi connectivity index (χ3v) is 2.59. The minimum absolute atomic E-state index is 0.721. The van der Waals surface area contributed by atoms with Crippen LogP contribution in [0.25, 0.3) is 0 Å². The zero-order chi connectivity index (χ0) is 6.97. The molecule has 0 spiro atoms. The molecule has 0 amide bonds. The van der Waals surface area contributed by atoms with Gasteiger partial charge < -0.3 is 4.74 Å². The molecule has 2 heterocycles. The summed E-state index contributed by atoms with van der Waals surface area (Å²) < 4.78 is 5.36. The topological polar surface area (TPSA) is 38.5 Å². The molecule has 2 N–H and O–H groups in total. The zero-order valence-electron chi connectivity index (χ0n) is 6.12. The van der Waals surface area contributed by atoms with Gasteiger partial charge in [-0.3, -0.25) is 5.84 Å². The van der Waals surface area contributed by atoms with Crippen molar-refractivity contribution in [2.45, 2.75) is 6.42 Å². The maximum absolute atomic E-state index is 5.67. The second-order valence-electron chi connectivity index (χ2n) is 3.34. The van der Waals surface area contributed by atoms with E-state index in [-0.39, 0.29) is 0 Å². The normalized spacial score (nSPS) is 41.7. The van der Waals surface area contributed by atoms with Crippen LogP contribution in [0.5, 0.6) is 0 Å². The van der Waals surface area contributed by atoms with Crippen LogP contribution in [0, 0.1) is 11.8 Å². The van der Waals surface area contributed by atoms with Gasteiger partial charge >= 0.3 is 0 Å². The van der Waals surface area contributed by atoms with E-state index in [1.54, 1.807) is 0 Å². The van der Waals surface area contributed by atoms with Crippen molar-refractivity contribution in [1.29, 1.82) is 0 Å². The molecule has 2 aliphatic heterocycles. The van der Waals surface area contributed by atoms with E-state index in [4.69, 9.17) is 10.6 Å². The Balaban J connectivity index is 1.96. The summed E-state index contributed by atoms with van der Waals surface area (Å²) in [5, 5.41) is 1.91. The first-order chi connectivity index (χ1) is 4.86. The number of rotatable bonds is 0. The quantitative estimate of drug-likeness (QED) is 0.477. The van der Waals surface area contributed by atoms with Gasteiger partial charge in [0.1, 0.15) is 0 Å². The highest BCUT2D eigenvalue weighted by atomic mass is 16.5. The molecule has 58 valence electrons. The zero-order valence-corrected chi connectivity index (χ0v) is 6.12. The number of fused-ring (bicyclic) bond motifs is 1. The van der Waals surface area contributed by atoms with Gasteiger partial charge in [0, 0.05) is 25.6 Å². The summed E-state index contributed by atoms with van der Waals surface area (Å²) in [6, 6.07) is 0. The van der Waals surface area contributed by atoms with Crippen LogP contribution in [0.4, 0.5) is 0 Å². The third-order valence-electron chi connectivity index (χ3n) is 2.59. The first-order valence-electron chi connectivity index (χ1n) is 3.93. The van der Waals surface area contributed by atoms with E-state index in [9.17, 15) is 0 Å². The Hall–Kier alpha value is -0.120. The van der Waals surface area contributed by atoms with Gasteiger partial charge in [-0.25, -0.2) is 5.01 Å². The predicted molar refractivity (Wildman–Crippen MR) is 38.2 cm³/mol. The van der Waals surface area contributed by atoms with Gasteiger partial charge in [-0.1, -0.05) is 0 Å². The lowest BCUT2D eigenvalue weighted by molar-refractivity contribution is 0.149. The fourth-order valence-electron chi connectivity index (χ4n) is 1.89. The molecule has 0 aromatic rings. The summed E-state index contributed by atoms with van der Waals surface area (Å²) in [7, 11) is 0. The highest BCUT2D eigenvalue weighted by Gasteiger charge is 2.32. The van der Waals surface area contributed by atoms with Gasteiger partial charge in [-0.15, -0.1) is 0 Å². The van der Waals surface area contributed by atoms with Crippen molar-refractivity contribution in [1.82, 2.24) is 5.01 Å². The van der Waals surface area contributed by atoms with E-state index in [2.05, 4.69) is 0 Å². The molecule has 2 fully saturated rings. The summed E-state index contributed by atoms with van der Waals surface area (Å²) in [6.45, 7) is 3.98. The Morgan fingerprint density at radius 1 is 1.30 bits per heavy atom. The fourth-order valence-corrected chi connectivity index (χ4v) is 1.89. The van der Waals surface area contributed by atoms with Crippen LogP contribution in [0.1, 0.15) is 6.42 Å². The molecule has 0 saturated carbocycles. The molecule has 0 aromatic carbocycles. The van der Waals surface area contributed by atoms with Crippen LogP contribution in [0.2, 0.25) is 0 Å². The van der Waals surface area contributed by atoms with E-state index in [1.807, 2.05) is 5.01 Å².